The van der Waals surface area contributed by atoms with E-state index in [1.54, 1.807) is 41.0 Å². The molecule has 0 amide bonds. The number of fused-ring (bicyclic) bond motifs is 2. The first-order chi connectivity index (χ1) is 22.9. The van der Waals surface area contributed by atoms with Gasteiger partial charge in [0.05, 0.1) is 33.4 Å². The van der Waals surface area contributed by atoms with Crippen molar-refractivity contribution >= 4 is 82.4 Å². The van der Waals surface area contributed by atoms with Crippen LogP contribution in [0.2, 0.25) is 10.0 Å². The van der Waals surface area contributed by atoms with Gasteiger partial charge in [-0.25, -0.2) is 45.3 Å². The molecule has 248 valence electrons. The standard InChI is InChI=1S/C30H23Cl2F2N7O5S2/c1-46-14-13-37-47(42,43)24-15-41(22-7-3-2-5-17(22)24)25-12-11-21-29(38-25)30(36-16-35-21)39-28-19(33)9-10-20(27(28)34)40-48(44,45)23-8-4-6-18(31)26(23)32/h2-12,15-16,37,40H,13-14H2,1H3,(H,35,36,39). The topological polar surface area (TPSA) is 157 Å². The van der Waals surface area contributed by atoms with E-state index < -0.39 is 48.0 Å². The lowest BCUT2D eigenvalue weighted by molar-refractivity contribution is 0.204. The summed E-state index contributed by atoms with van der Waals surface area (Å²) < 4.78 is 94.3. The first kappa shape index (κ1) is 33.5. The van der Waals surface area contributed by atoms with Gasteiger partial charge >= 0.3 is 0 Å². The van der Waals surface area contributed by atoms with Crippen molar-refractivity contribution in [1.29, 1.82) is 0 Å². The first-order valence-electron chi connectivity index (χ1n) is 13.8. The number of para-hydroxylation sites is 1. The maximum Gasteiger partial charge on any atom is 0.263 e. The lowest BCUT2D eigenvalue weighted by atomic mass is 10.2. The molecule has 3 heterocycles. The summed E-state index contributed by atoms with van der Waals surface area (Å²) in [5.74, 6) is -2.22. The minimum absolute atomic E-state index is 0.00114. The van der Waals surface area contributed by atoms with E-state index in [0.29, 0.717) is 10.9 Å². The third-order valence-electron chi connectivity index (χ3n) is 7.06. The van der Waals surface area contributed by atoms with Crippen LogP contribution in [-0.4, -0.2) is 56.6 Å². The predicted molar refractivity (Wildman–Crippen MR) is 178 cm³/mol. The van der Waals surface area contributed by atoms with E-state index in [2.05, 4.69) is 29.7 Å². The van der Waals surface area contributed by atoms with Crippen LogP contribution in [0.4, 0.5) is 26.0 Å². The molecule has 0 spiro atoms. The molecule has 6 aromatic rings. The molecule has 48 heavy (non-hydrogen) atoms. The molecule has 0 unspecified atom stereocenters. The molecule has 12 nitrogen and oxygen atoms in total. The van der Waals surface area contributed by atoms with Crippen LogP contribution >= 0.6 is 23.2 Å². The number of methoxy groups -OCH3 is 1. The molecule has 3 N–H and O–H groups in total. The number of ether oxygens (including phenoxy) is 1. The summed E-state index contributed by atoms with van der Waals surface area (Å²) in [5.41, 5.74) is -0.448. The van der Waals surface area contributed by atoms with Gasteiger partial charge in [0.1, 0.15) is 39.0 Å². The van der Waals surface area contributed by atoms with Crippen LogP contribution in [0, 0.1) is 11.6 Å². The Morgan fingerprint density at radius 1 is 0.896 bits per heavy atom. The average Bonchev–Trinajstić information content (AvgIpc) is 3.46. The molecule has 0 saturated carbocycles. The number of anilines is 3. The fourth-order valence-electron chi connectivity index (χ4n) is 4.82. The smallest absolute Gasteiger partial charge is 0.263 e. The van der Waals surface area contributed by atoms with Crippen molar-refractivity contribution in [2.75, 3.05) is 30.3 Å². The second kappa shape index (κ2) is 13.2. The normalized spacial score (nSPS) is 12.1. The quantitative estimate of drug-likeness (QED) is 0.135. The van der Waals surface area contributed by atoms with Crippen molar-refractivity contribution in [3.05, 3.63) is 101 Å². The number of aromatic nitrogens is 4. The highest BCUT2D eigenvalue weighted by Crippen LogP contribution is 2.34. The summed E-state index contributed by atoms with van der Waals surface area (Å²) in [6.07, 6.45) is 2.56. The van der Waals surface area contributed by atoms with Gasteiger partial charge in [-0.05, 0) is 42.5 Å². The molecule has 0 aliphatic rings. The molecule has 0 aliphatic carbocycles. The van der Waals surface area contributed by atoms with Crippen molar-refractivity contribution in [2.24, 2.45) is 0 Å². The Labute approximate surface area is 282 Å². The van der Waals surface area contributed by atoms with Crippen LogP contribution in [0.3, 0.4) is 0 Å². The number of nitrogens with one attached hydrogen (secondary N) is 3. The van der Waals surface area contributed by atoms with Gasteiger partial charge in [0, 0.05) is 25.2 Å². The van der Waals surface area contributed by atoms with Gasteiger partial charge in [-0.15, -0.1) is 0 Å². The number of benzene rings is 3. The number of pyridine rings is 1. The summed E-state index contributed by atoms with van der Waals surface area (Å²) in [6.45, 7) is 0.231. The van der Waals surface area contributed by atoms with E-state index in [9.17, 15) is 16.8 Å². The van der Waals surface area contributed by atoms with Crippen LogP contribution in [-0.2, 0) is 24.8 Å². The Hall–Kier alpha value is -4.45. The SMILES string of the molecule is COCCNS(=O)(=O)c1cn(-c2ccc3ncnc(Nc4c(F)ccc(NS(=O)(=O)c5cccc(Cl)c5Cl)c4F)c3n2)c2ccccc12. The highest BCUT2D eigenvalue weighted by atomic mass is 35.5. The van der Waals surface area contributed by atoms with Gasteiger partial charge in [-0.2, -0.15) is 0 Å². The molecule has 0 aliphatic heterocycles. The van der Waals surface area contributed by atoms with E-state index >= 15 is 8.78 Å². The van der Waals surface area contributed by atoms with E-state index in [1.807, 2.05) is 0 Å². The summed E-state index contributed by atoms with van der Waals surface area (Å²) in [6, 6.07) is 15.7. The minimum Gasteiger partial charge on any atom is -0.383 e. The largest absolute Gasteiger partial charge is 0.383 e. The number of rotatable bonds is 11. The first-order valence-corrected chi connectivity index (χ1v) is 17.6. The maximum absolute atomic E-state index is 15.8. The van der Waals surface area contributed by atoms with Crippen LogP contribution in [0.5, 0.6) is 0 Å². The molecule has 0 atom stereocenters. The van der Waals surface area contributed by atoms with Crippen molar-refractivity contribution in [3.63, 3.8) is 0 Å². The van der Waals surface area contributed by atoms with Gasteiger partial charge < -0.3 is 10.1 Å². The molecule has 18 heteroatoms. The molecule has 6 rings (SSSR count). The third-order valence-corrected chi connectivity index (χ3v) is 10.9. The average molecular weight is 735 g/mol. The van der Waals surface area contributed by atoms with Gasteiger partial charge in [0.15, 0.2) is 11.6 Å². The molecule has 3 aromatic heterocycles. The molecule has 0 radical (unpaired) electrons. The van der Waals surface area contributed by atoms with Crippen molar-refractivity contribution in [2.45, 2.75) is 9.79 Å². The van der Waals surface area contributed by atoms with E-state index in [4.69, 9.17) is 27.9 Å². The molecule has 0 bridgehead atoms. The van der Waals surface area contributed by atoms with Crippen molar-refractivity contribution in [3.8, 4) is 5.82 Å². The van der Waals surface area contributed by atoms with Gasteiger partial charge in [-0.3, -0.25) is 9.29 Å². The van der Waals surface area contributed by atoms with Crippen molar-refractivity contribution < 1.29 is 30.4 Å². The Morgan fingerprint density at radius 3 is 2.48 bits per heavy atom. The minimum atomic E-state index is -4.45. The van der Waals surface area contributed by atoms with Gasteiger partial charge in [0.2, 0.25) is 10.0 Å². The summed E-state index contributed by atoms with van der Waals surface area (Å²) in [4.78, 5) is 12.5. The number of hydrogen-bond donors (Lipinski definition) is 3. The predicted octanol–water partition coefficient (Wildman–Crippen LogP) is 6.02. The summed E-state index contributed by atoms with van der Waals surface area (Å²) in [5, 5.41) is 2.69. The summed E-state index contributed by atoms with van der Waals surface area (Å²) >= 11 is 12.0. The Kier molecular flexibility index (Phi) is 9.21. The molecular weight excluding hydrogens is 711 g/mol. The molecular formula is C30H23Cl2F2N7O5S2. The highest BCUT2D eigenvalue weighted by molar-refractivity contribution is 7.92. The van der Waals surface area contributed by atoms with Crippen LogP contribution in [0.25, 0.3) is 27.8 Å². The zero-order valence-electron chi connectivity index (χ0n) is 24.6. The number of halogens is 4. The lowest BCUT2D eigenvalue weighted by Crippen LogP contribution is -2.27. The number of hydrogen-bond acceptors (Lipinski definition) is 9. The summed E-state index contributed by atoms with van der Waals surface area (Å²) in [7, 11) is -6.94. The molecule has 3 aromatic carbocycles. The number of sulfonamides is 2. The molecule has 0 fully saturated rings. The second-order valence-corrected chi connectivity index (χ2v) is 14.3. The van der Waals surface area contributed by atoms with Gasteiger partial charge in [-0.1, -0.05) is 47.5 Å². The fourth-order valence-corrected chi connectivity index (χ4v) is 7.85. The Bertz CT molecular complexity index is 2430. The zero-order chi connectivity index (χ0) is 34.2. The van der Waals surface area contributed by atoms with Crippen molar-refractivity contribution in [1.82, 2.24) is 24.2 Å². The second-order valence-electron chi connectivity index (χ2n) is 10.1. The monoisotopic (exact) mass is 733 g/mol. The van der Waals surface area contributed by atoms with E-state index in [0.717, 1.165) is 18.5 Å². The zero-order valence-corrected chi connectivity index (χ0v) is 27.7. The lowest BCUT2D eigenvalue weighted by Gasteiger charge is -2.15. The molecule has 0 saturated heterocycles. The van der Waals surface area contributed by atoms with Crippen LogP contribution in [0.15, 0.2) is 89.0 Å². The fraction of sp³-hybridized carbons (Fsp3) is 0.100. The van der Waals surface area contributed by atoms with Crippen LogP contribution in [0.1, 0.15) is 0 Å². The van der Waals surface area contributed by atoms with Gasteiger partial charge in [0.25, 0.3) is 10.0 Å². The van der Waals surface area contributed by atoms with E-state index in [1.165, 1.54) is 31.5 Å². The Morgan fingerprint density at radius 2 is 1.69 bits per heavy atom. The maximum atomic E-state index is 15.8. The van der Waals surface area contributed by atoms with E-state index in [-0.39, 0.29) is 50.8 Å². The van der Waals surface area contributed by atoms with Crippen LogP contribution < -0.4 is 14.8 Å². The number of nitrogens with zero attached hydrogens (tertiary/aromatic N) is 4. The Balaban J connectivity index is 1.39. The highest BCUT2D eigenvalue weighted by Gasteiger charge is 2.25. The third kappa shape index (κ3) is 6.37.